The fourth-order valence-corrected chi connectivity index (χ4v) is 1.51. The first-order valence-corrected chi connectivity index (χ1v) is 5.10. The normalized spacial score (nSPS) is 17.7. The molecule has 0 radical (unpaired) electrons. The van der Waals surface area contributed by atoms with Crippen LogP contribution in [0.1, 0.15) is 0 Å². The molecule has 2 N–H and O–H groups in total. The van der Waals surface area contributed by atoms with Crippen LogP contribution < -0.4 is 14.8 Å². The highest BCUT2D eigenvalue weighted by molar-refractivity contribution is 5.85. The number of para-hydroxylation sites is 2. The summed E-state index contributed by atoms with van der Waals surface area (Å²) in [5.41, 5.74) is 0. The zero-order valence-electron chi connectivity index (χ0n) is 8.89. The van der Waals surface area contributed by atoms with Gasteiger partial charge in [-0.3, -0.25) is 0 Å². The van der Waals surface area contributed by atoms with E-state index in [0.717, 1.165) is 11.5 Å². The van der Waals surface area contributed by atoms with Gasteiger partial charge < -0.3 is 19.9 Å². The van der Waals surface area contributed by atoms with Crippen molar-refractivity contribution < 1.29 is 14.6 Å². The number of fused-ring (bicyclic) bond motifs is 1. The molecule has 1 aliphatic heterocycles. The largest absolute Gasteiger partial charge is 0.486 e. The van der Waals surface area contributed by atoms with E-state index in [-0.39, 0.29) is 25.1 Å². The molecule has 0 bridgehead atoms. The summed E-state index contributed by atoms with van der Waals surface area (Å²) in [7, 11) is 0. The molecule has 1 aliphatic rings. The summed E-state index contributed by atoms with van der Waals surface area (Å²) < 4.78 is 11.2. The summed E-state index contributed by atoms with van der Waals surface area (Å²) in [5.74, 6) is 1.59. The Morgan fingerprint density at radius 1 is 1.31 bits per heavy atom. The first-order valence-electron chi connectivity index (χ1n) is 5.10. The second-order valence-corrected chi connectivity index (χ2v) is 3.43. The van der Waals surface area contributed by atoms with Crippen molar-refractivity contribution in [3.05, 3.63) is 24.3 Å². The van der Waals surface area contributed by atoms with E-state index < -0.39 is 0 Å². The Kier molecular flexibility index (Phi) is 5.38. The number of aliphatic hydroxyl groups excluding tert-OH is 1. The number of hydrogen-bond donors (Lipinski definition) is 2. The van der Waals surface area contributed by atoms with Gasteiger partial charge in [0, 0.05) is 13.1 Å². The third-order valence-corrected chi connectivity index (χ3v) is 2.23. The van der Waals surface area contributed by atoms with Crippen LogP contribution in [0.4, 0.5) is 0 Å². The zero-order chi connectivity index (χ0) is 10.5. The van der Waals surface area contributed by atoms with Gasteiger partial charge in [0.25, 0.3) is 0 Å². The van der Waals surface area contributed by atoms with Crippen molar-refractivity contribution in [1.82, 2.24) is 5.32 Å². The molecule has 90 valence electrons. The predicted octanol–water partition coefficient (Wildman–Crippen LogP) is 0.830. The van der Waals surface area contributed by atoms with E-state index in [1.807, 2.05) is 24.3 Å². The smallest absolute Gasteiger partial charge is 0.161 e. The molecule has 4 nitrogen and oxygen atoms in total. The van der Waals surface area contributed by atoms with Crippen LogP contribution in [0.2, 0.25) is 0 Å². The van der Waals surface area contributed by atoms with Gasteiger partial charge in [0.05, 0.1) is 6.61 Å². The van der Waals surface area contributed by atoms with Gasteiger partial charge in [-0.05, 0) is 12.1 Å². The van der Waals surface area contributed by atoms with E-state index in [2.05, 4.69) is 5.32 Å². The molecule has 1 aromatic rings. The molecule has 2 rings (SSSR count). The molecule has 0 aliphatic carbocycles. The molecule has 0 aromatic heterocycles. The molecule has 1 heterocycles. The van der Waals surface area contributed by atoms with Crippen molar-refractivity contribution >= 4 is 12.4 Å². The number of rotatable bonds is 4. The van der Waals surface area contributed by atoms with E-state index >= 15 is 0 Å². The van der Waals surface area contributed by atoms with Gasteiger partial charge in [-0.15, -0.1) is 12.4 Å². The zero-order valence-corrected chi connectivity index (χ0v) is 9.70. The van der Waals surface area contributed by atoms with Crippen LogP contribution in [0, 0.1) is 0 Å². The van der Waals surface area contributed by atoms with Crippen molar-refractivity contribution in [2.75, 3.05) is 26.3 Å². The van der Waals surface area contributed by atoms with Crippen molar-refractivity contribution in [3.63, 3.8) is 0 Å². The Balaban J connectivity index is 0.00000128. The van der Waals surface area contributed by atoms with Gasteiger partial charge in [-0.1, -0.05) is 12.1 Å². The molecule has 16 heavy (non-hydrogen) atoms. The van der Waals surface area contributed by atoms with Gasteiger partial charge in [0.2, 0.25) is 0 Å². The van der Waals surface area contributed by atoms with Gasteiger partial charge in [-0.25, -0.2) is 0 Å². The average molecular weight is 246 g/mol. The maximum absolute atomic E-state index is 8.62. The summed E-state index contributed by atoms with van der Waals surface area (Å²) in [6, 6.07) is 7.64. The van der Waals surface area contributed by atoms with Crippen LogP contribution in [0.3, 0.4) is 0 Å². The monoisotopic (exact) mass is 245 g/mol. The average Bonchev–Trinajstić information content (AvgIpc) is 2.29. The Hall–Kier alpha value is -0.970. The molecular weight excluding hydrogens is 230 g/mol. The second-order valence-electron chi connectivity index (χ2n) is 3.43. The standard InChI is InChI=1S/C11H15NO3.ClH/c13-6-5-12-7-9-8-14-10-3-1-2-4-11(10)15-9;/h1-4,9,12-13H,5-8H2;1H. The van der Waals surface area contributed by atoms with Gasteiger partial charge in [-0.2, -0.15) is 0 Å². The van der Waals surface area contributed by atoms with Crippen molar-refractivity contribution in [2.24, 2.45) is 0 Å². The topological polar surface area (TPSA) is 50.7 Å². The fourth-order valence-electron chi connectivity index (χ4n) is 1.51. The minimum atomic E-state index is 0. The lowest BCUT2D eigenvalue weighted by molar-refractivity contribution is 0.0895. The summed E-state index contributed by atoms with van der Waals surface area (Å²) in [5, 5.41) is 11.7. The van der Waals surface area contributed by atoms with Crippen LogP contribution in [-0.2, 0) is 0 Å². The quantitative estimate of drug-likeness (QED) is 0.772. The summed E-state index contributed by atoms with van der Waals surface area (Å²) >= 11 is 0. The first kappa shape index (κ1) is 13.1. The maximum atomic E-state index is 8.62. The van der Waals surface area contributed by atoms with E-state index in [9.17, 15) is 0 Å². The molecule has 0 saturated carbocycles. The lowest BCUT2D eigenvalue weighted by Crippen LogP contribution is -2.39. The SMILES string of the molecule is Cl.OCCNCC1COc2ccccc2O1. The fraction of sp³-hybridized carbons (Fsp3) is 0.455. The summed E-state index contributed by atoms with van der Waals surface area (Å²) in [6.07, 6.45) is 0.0199. The van der Waals surface area contributed by atoms with Crippen molar-refractivity contribution in [1.29, 1.82) is 0 Å². The Morgan fingerprint density at radius 3 is 2.81 bits per heavy atom. The minimum Gasteiger partial charge on any atom is -0.486 e. The highest BCUT2D eigenvalue weighted by Gasteiger charge is 2.19. The molecular formula is C11H16ClNO3. The number of nitrogens with one attached hydrogen (secondary N) is 1. The van der Waals surface area contributed by atoms with Crippen LogP contribution in [0.5, 0.6) is 11.5 Å². The van der Waals surface area contributed by atoms with Gasteiger partial charge in [0.15, 0.2) is 11.5 Å². The lowest BCUT2D eigenvalue weighted by atomic mass is 10.2. The number of benzene rings is 1. The molecule has 0 saturated heterocycles. The van der Waals surface area contributed by atoms with E-state index in [1.165, 1.54) is 0 Å². The molecule has 1 unspecified atom stereocenters. The van der Waals surface area contributed by atoms with Gasteiger partial charge in [0.1, 0.15) is 12.7 Å². The third-order valence-electron chi connectivity index (χ3n) is 2.23. The number of hydrogen-bond acceptors (Lipinski definition) is 4. The molecule has 0 spiro atoms. The van der Waals surface area contributed by atoms with Crippen LogP contribution in [0.25, 0.3) is 0 Å². The molecule has 5 heteroatoms. The highest BCUT2D eigenvalue weighted by atomic mass is 35.5. The predicted molar refractivity (Wildman–Crippen MR) is 63.6 cm³/mol. The Labute approximate surface area is 101 Å². The number of aliphatic hydroxyl groups is 1. The molecule has 0 fully saturated rings. The molecule has 1 atom stereocenters. The highest BCUT2D eigenvalue weighted by Crippen LogP contribution is 2.30. The van der Waals surface area contributed by atoms with Crippen LogP contribution in [-0.4, -0.2) is 37.5 Å². The van der Waals surface area contributed by atoms with Crippen LogP contribution >= 0.6 is 12.4 Å². The lowest BCUT2D eigenvalue weighted by Gasteiger charge is -2.26. The van der Waals surface area contributed by atoms with E-state index in [0.29, 0.717) is 19.7 Å². The number of halogens is 1. The third kappa shape index (κ3) is 3.27. The van der Waals surface area contributed by atoms with E-state index in [4.69, 9.17) is 14.6 Å². The molecule has 0 amide bonds. The van der Waals surface area contributed by atoms with Crippen molar-refractivity contribution in [3.8, 4) is 11.5 Å². The summed E-state index contributed by atoms with van der Waals surface area (Å²) in [6.45, 7) is 1.97. The summed E-state index contributed by atoms with van der Waals surface area (Å²) in [4.78, 5) is 0. The van der Waals surface area contributed by atoms with Crippen molar-refractivity contribution in [2.45, 2.75) is 6.10 Å². The second kappa shape index (κ2) is 6.58. The van der Waals surface area contributed by atoms with Crippen LogP contribution in [0.15, 0.2) is 24.3 Å². The van der Waals surface area contributed by atoms with Gasteiger partial charge >= 0.3 is 0 Å². The minimum absolute atomic E-state index is 0. The first-order chi connectivity index (χ1) is 7.40. The van der Waals surface area contributed by atoms with E-state index in [1.54, 1.807) is 0 Å². The number of ether oxygens (including phenoxy) is 2. The Bertz CT molecular complexity index is 322. The maximum Gasteiger partial charge on any atom is 0.161 e. The molecule has 1 aromatic carbocycles. The Morgan fingerprint density at radius 2 is 2.06 bits per heavy atom.